The zero-order chi connectivity index (χ0) is 16.1. The lowest BCUT2D eigenvalue weighted by Gasteiger charge is -2.32. The summed E-state index contributed by atoms with van der Waals surface area (Å²) in [5.41, 5.74) is 1.25. The minimum atomic E-state index is 0.278. The van der Waals surface area contributed by atoms with E-state index in [0.717, 1.165) is 56.5 Å². The summed E-state index contributed by atoms with van der Waals surface area (Å²) in [5.74, 6) is 0.996. The Morgan fingerprint density at radius 1 is 1.26 bits per heavy atom. The lowest BCUT2D eigenvalue weighted by atomic mass is 10.0. The predicted molar refractivity (Wildman–Crippen MR) is 92.9 cm³/mol. The zero-order valence-corrected chi connectivity index (χ0v) is 13.9. The van der Waals surface area contributed by atoms with Crippen LogP contribution < -0.4 is 4.74 Å². The van der Waals surface area contributed by atoms with Crippen molar-refractivity contribution in [3.8, 4) is 5.75 Å². The molecule has 0 unspecified atom stereocenters. The van der Waals surface area contributed by atoms with Gasteiger partial charge in [-0.25, -0.2) is 0 Å². The van der Waals surface area contributed by atoms with Crippen molar-refractivity contribution in [1.29, 1.82) is 0 Å². The highest BCUT2D eigenvalue weighted by Gasteiger charge is 2.21. The SMILES string of the molecule is CCc1cncc2cccc(OC3CCN(CCCO)CC3)c12. The van der Waals surface area contributed by atoms with Gasteiger partial charge in [0.15, 0.2) is 0 Å². The molecule has 0 amide bonds. The number of aliphatic hydroxyl groups is 1. The van der Waals surface area contributed by atoms with Gasteiger partial charge >= 0.3 is 0 Å². The number of fused-ring (bicyclic) bond motifs is 1. The third kappa shape index (κ3) is 3.82. The Labute approximate surface area is 138 Å². The minimum absolute atomic E-state index is 0.278. The maximum absolute atomic E-state index is 8.94. The fourth-order valence-corrected chi connectivity index (χ4v) is 3.36. The molecule has 4 heteroatoms. The number of pyridine rings is 1. The van der Waals surface area contributed by atoms with E-state index in [4.69, 9.17) is 9.84 Å². The highest BCUT2D eigenvalue weighted by molar-refractivity contribution is 5.90. The average Bonchev–Trinajstić information content (AvgIpc) is 2.61. The smallest absolute Gasteiger partial charge is 0.127 e. The van der Waals surface area contributed by atoms with Crippen molar-refractivity contribution in [2.24, 2.45) is 0 Å². The number of hydrogen-bond acceptors (Lipinski definition) is 4. The molecule has 1 aliphatic rings. The number of rotatable bonds is 6. The van der Waals surface area contributed by atoms with Gasteiger partial charge in [-0.1, -0.05) is 19.1 Å². The van der Waals surface area contributed by atoms with E-state index in [0.29, 0.717) is 0 Å². The van der Waals surface area contributed by atoms with E-state index in [-0.39, 0.29) is 12.7 Å². The number of piperidine rings is 1. The second kappa shape index (κ2) is 7.75. The molecule has 1 N–H and O–H groups in total. The highest BCUT2D eigenvalue weighted by atomic mass is 16.5. The van der Waals surface area contributed by atoms with Gasteiger partial charge in [0.25, 0.3) is 0 Å². The molecule has 1 aromatic heterocycles. The van der Waals surface area contributed by atoms with Crippen LogP contribution in [0.2, 0.25) is 0 Å². The van der Waals surface area contributed by atoms with E-state index in [1.165, 1.54) is 10.9 Å². The second-order valence-electron chi connectivity index (χ2n) is 6.24. The maximum atomic E-state index is 8.94. The van der Waals surface area contributed by atoms with Crippen molar-refractivity contribution >= 4 is 10.8 Å². The standard InChI is InChI=1S/C19H26N2O2/c1-2-15-13-20-14-16-5-3-6-18(19(15)16)23-17-7-10-21(11-8-17)9-4-12-22/h3,5-6,13-14,17,22H,2,4,7-12H2,1H3. The molecule has 0 aliphatic carbocycles. The van der Waals surface area contributed by atoms with Gasteiger partial charge in [0.1, 0.15) is 11.9 Å². The maximum Gasteiger partial charge on any atom is 0.127 e. The molecule has 0 atom stereocenters. The van der Waals surface area contributed by atoms with Gasteiger partial charge in [0, 0.05) is 49.4 Å². The van der Waals surface area contributed by atoms with E-state index in [1.54, 1.807) is 0 Å². The molecule has 0 radical (unpaired) electrons. The molecular weight excluding hydrogens is 288 g/mol. The van der Waals surface area contributed by atoms with E-state index in [2.05, 4.69) is 35.0 Å². The largest absolute Gasteiger partial charge is 0.490 e. The molecule has 0 bridgehead atoms. The van der Waals surface area contributed by atoms with E-state index in [9.17, 15) is 0 Å². The monoisotopic (exact) mass is 314 g/mol. The summed E-state index contributed by atoms with van der Waals surface area (Å²) in [4.78, 5) is 6.74. The first-order valence-electron chi connectivity index (χ1n) is 8.67. The van der Waals surface area contributed by atoms with Crippen LogP contribution in [-0.4, -0.2) is 47.3 Å². The number of ether oxygens (including phenoxy) is 1. The Kier molecular flexibility index (Phi) is 5.47. The molecule has 2 aromatic rings. The average molecular weight is 314 g/mol. The molecule has 0 spiro atoms. The van der Waals surface area contributed by atoms with Gasteiger partial charge in [-0.3, -0.25) is 4.98 Å². The first kappa shape index (κ1) is 16.2. The fourth-order valence-electron chi connectivity index (χ4n) is 3.36. The normalized spacial score (nSPS) is 16.8. The summed E-state index contributed by atoms with van der Waals surface area (Å²) in [6, 6.07) is 6.24. The molecule has 4 nitrogen and oxygen atoms in total. The summed E-state index contributed by atoms with van der Waals surface area (Å²) in [6.07, 6.45) is 8.07. The molecule has 124 valence electrons. The van der Waals surface area contributed by atoms with Crippen LogP contribution in [-0.2, 0) is 6.42 Å². The van der Waals surface area contributed by atoms with Crippen LogP contribution in [0.3, 0.4) is 0 Å². The van der Waals surface area contributed by atoms with Gasteiger partial charge in [-0.2, -0.15) is 0 Å². The lowest BCUT2D eigenvalue weighted by Crippen LogP contribution is -2.38. The molecule has 2 heterocycles. The fraction of sp³-hybridized carbons (Fsp3) is 0.526. The highest BCUT2D eigenvalue weighted by Crippen LogP contribution is 2.30. The predicted octanol–water partition coefficient (Wildman–Crippen LogP) is 3.02. The Morgan fingerprint density at radius 2 is 2.09 bits per heavy atom. The van der Waals surface area contributed by atoms with Crippen molar-refractivity contribution in [2.75, 3.05) is 26.2 Å². The summed E-state index contributed by atoms with van der Waals surface area (Å²) >= 11 is 0. The van der Waals surface area contributed by atoms with Crippen LogP contribution in [0.1, 0.15) is 31.7 Å². The topological polar surface area (TPSA) is 45.6 Å². The Hall–Kier alpha value is -1.65. The van der Waals surface area contributed by atoms with Crippen LogP contribution >= 0.6 is 0 Å². The van der Waals surface area contributed by atoms with Crippen molar-refractivity contribution in [3.63, 3.8) is 0 Å². The van der Waals surface area contributed by atoms with Gasteiger partial charge < -0.3 is 14.7 Å². The molecule has 1 aliphatic heterocycles. The molecule has 0 saturated carbocycles. The zero-order valence-electron chi connectivity index (χ0n) is 13.9. The first-order chi connectivity index (χ1) is 11.3. The Balaban J connectivity index is 1.70. The third-order valence-corrected chi connectivity index (χ3v) is 4.67. The van der Waals surface area contributed by atoms with Crippen molar-refractivity contribution in [1.82, 2.24) is 9.88 Å². The third-order valence-electron chi connectivity index (χ3n) is 4.67. The van der Waals surface area contributed by atoms with E-state index in [1.807, 2.05) is 12.4 Å². The number of aryl methyl sites for hydroxylation is 1. The Morgan fingerprint density at radius 3 is 2.83 bits per heavy atom. The molecule has 1 fully saturated rings. The molecule has 1 aromatic carbocycles. The summed E-state index contributed by atoms with van der Waals surface area (Å²) < 4.78 is 6.36. The van der Waals surface area contributed by atoms with Crippen molar-refractivity contribution < 1.29 is 9.84 Å². The second-order valence-corrected chi connectivity index (χ2v) is 6.24. The Bertz CT molecular complexity index is 631. The summed E-state index contributed by atoms with van der Waals surface area (Å²) in [7, 11) is 0. The number of hydrogen-bond donors (Lipinski definition) is 1. The molecular formula is C19H26N2O2. The molecule has 1 saturated heterocycles. The minimum Gasteiger partial charge on any atom is -0.490 e. The summed E-state index contributed by atoms with van der Waals surface area (Å²) in [5, 5.41) is 11.3. The van der Waals surface area contributed by atoms with E-state index < -0.39 is 0 Å². The van der Waals surface area contributed by atoms with Crippen molar-refractivity contribution in [3.05, 3.63) is 36.2 Å². The lowest BCUT2D eigenvalue weighted by molar-refractivity contribution is 0.0974. The van der Waals surface area contributed by atoms with Crippen LogP contribution in [0.5, 0.6) is 5.75 Å². The van der Waals surface area contributed by atoms with Gasteiger partial charge in [0.2, 0.25) is 0 Å². The number of nitrogens with zero attached hydrogens (tertiary/aromatic N) is 2. The van der Waals surface area contributed by atoms with Crippen LogP contribution in [0.15, 0.2) is 30.6 Å². The number of benzene rings is 1. The van der Waals surface area contributed by atoms with Gasteiger partial charge in [-0.15, -0.1) is 0 Å². The van der Waals surface area contributed by atoms with Gasteiger partial charge in [-0.05, 0) is 37.3 Å². The van der Waals surface area contributed by atoms with Gasteiger partial charge in [0.05, 0.1) is 0 Å². The number of aromatic nitrogens is 1. The van der Waals surface area contributed by atoms with E-state index >= 15 is 0 Å². The van der Waals surface area contributed by atoms with Crippen LogP contribution in [0.25, 0.3) is 10.8 Å². The number of aliphatic hydroxyl groups excluding tert-OH is 1. The first-order valence-corrected chi connectivity index (χ1v) is 8.67. The number of likely N-dealkylation sites (tertiary alicyclic amines) is 1. The molecule has 23 heavy (non-hydrogen) atoms. The summed E-state index contributed by atoms with van der Waals surface area (Å²) in [6.45, 7) is 5.53. The quantitative estimate of drug-likeness (QED) is 0.890. The van der Waals surface area contributed by atoms with Crippen molar-refractivity contribution in [2.45, 2.75) is 38.7 Å². The van der Waals surface area contributed by atoms with Crippen LogP contribution in [0, 0.1) is 0 Å². The molecule has 3 rings (SSSR count). The van der Waals surface area contributed by atoms with Crippen LogP contribution in [0.4, 0.5) is 0 Å².